The third-order valence-corrected chi connectivity index (χ3v) is 5.78. The molecule has 0 aromatic carbocycles. The summed E-state index contributed by atoms with van der Waals surface area (Å²) in [5, 5.41) is 5.28. The van der Waals surface area contributed by atoms with E-state index in [9.17, 15) is 26.4 Å². The molecular formula is C18H34N2O10S2. The van der Waals surface area contributed by atoms with Gasteiger partial charge < -0.3 is 20.1 Å². The van der Waals surface area contributed by atoms with Crippen LogP contribution in [0.5, 0.6) is 0 Å². The zero-order valence-electron chi connectivity index (χ0n) is 19.4. The lowest BCUT2D eigenvalue weighted by atomic mass is 10.0. The lowest BCUT2D eigenvalue weighted by molar-refractivity contribution is -0.138. The molecule has 0 aromatic rings. The first kappa shape index (κ1) is 28.7. The van der Waals surface area contributed by atoms with Crippen molar-refractivity contribution < 1.29 is 44.3 Å². The van der Waals surface area contributed by atoms with E-state index in [0.717, 1.165) is 12.5 Å². The highest BCUT2D eigenvalue weighted by Gasteiger charge is 2.45. The highest BCUT2D eigenvalue weighted by atomic mass is 32.2. The van der Waals surface area contributed by atoms with E-state index >= 15 is 0 Å². The third-order valence-electron chi connectivity index (χ3n) is 4.66. The number of rotatable bonds is 12. The maximum absolute atomic E-state index is 12.8. The van der Waals surface area contributed by atoms with E-state index in [1.807, 2.05) is 0 Å². The van der Waals surface area contributed by atoms with Crippen LogP contribution >= 0.6 is 0 Å². The van der Waals surface area contributed by atoms with Crippen LogP contribution in [0.3, 0.4) is 0 Å². The Kier molecular flexibility index (Phi) is 10.5. The Labute approximate surface area is 189 Å². The van der Waals surface area contributed by atoms with Gasteiger partial charge in [-0.3, -0.25) is 18.0 Å². The number of carbonyl (C=O) groups is 2. The largest absolute Gasteiger partial charge is 0.348 e. The first-order valence-electron chi connectivity index (χ1n) is 10.1. The molecule has 0 spiro atoms. The minimum Gasteiger partial charge on any atom is -0.348 e. The van der Waals surface area contributed by atoms with Gasteiger partial charge in [-0.15, -0.1) is 0 Å². The number of hydrogen-bond donors (Lipinski definition) is 2. The second-order valence-corrected chi connectivity index (χ2v) is 11.7. The average molecular weight is 503 g/mol. The van der Waals surface area contributed by atoms with Gasteiger partial charge in [0.05, 0.1) is 37.8 Å². The molecule has 0 bridgehead atoms. The van der Waals surface area contributed by atoms with Crippen molar-refractivity contribution in [2.75, 3.05) is 25.7 Å². The molecule has 12 nitrogen and oxygen atoms in total. The Morgan fingerprint density at radius 1 is 0.781 bits per heavy atom. The number of carbonyl (C=O) groups excluding carboxylic acids is 2. The Bertz CT molecular complexity index is 787. The molecule has 1 heterocycles. The van der Waals surface area contributed by atoms with E-state index < -0.39 is 62.6 Å². The van der Waals surface area contributed by atoms with Crippen molar-refractivity contribution >= 4 is 32.1 Å². The van der Waals surface area contributed by atoms with E-state index in [4.69, 9.17) is 17.8 Å². The quantitative estimate of drug-likeness (QED) is 0.328. The van der Waals surface area contributed by atoms with Gasteiger partial charge in [-0.1, -0.05) is 27.7 Å². The molecule has 0 unspecified atom stereocenters. The Balaban J connectivity index is 2.88. The molecule has 1 aliphatic rings. The van der Waals surface area contributed by atoms with E-state index in [1.54, 1.807) is 27.7 Å². The van der Waals surface area contributed by atoms with Crippen LogP contribution in [-0.2, 0) is 47.7 Å². The Morgan fingerprint density at radius 2 is 1.09 bits per heavy atom. The topological polar surface area (TPSA) is 163 Å². The summed E-state index contributed by atoms with van der Waals surface area (Å²) < 4.78 is 65.6. The van der Waals surface area contributed by atoms with Crippen molar-refractivity contribution in [1.82, 2.24) is 10.6 Å². The molecule has 32 heavy (non-hydrogen) atoms. The summed E-state index contributed by atoms with van der Waals surface area (Å²) >= 11 is 0. The van der Waals surface area contributed by atoms with E-state index in [2.05, 4.69) is 10.6 Å². The Morgan fingerprint density at radius 3 is 1.34 bits per heavy atom. The second-order valence-electron chi connectivity index (χ2n) is 8.38. The van der Waals surface area contributed by atoms with E-state index in [0.29, 0.717) is 0 Å². The van der Waals surface area contributed by atoms with Crippen molar-refractivity contribution in [3.05, 3.63) is 0 Å². The Hall–Kier alpha value is -1.32. The molecule has 188 valence electrons. The molecule has 1 fully saturated rings. The van der Waals surface area contributed by atoms with Crippen molar-refractivity contribution in [3.8, 4) is 0 Å². The highest BCUT2D eigenvalue weighted by molar-refractivity contribution is 7.86. The fourth-order valence-corrected chi connectivity index (χ4v) is 3.50. The van der Waals surface area contributed by atoms with E-state index in [-0.39, 0.29) is 25.0 Å². The minimum absolute atomic E-state index is 0.175. The van der Waals surface area contributed by atoms with Crippen LogP contribution in [0.1, 0.15) is 34.6 Å². The summed E-state index contributed by atoms with van der Waals surface area (Å²) in [6.45, 7) is 8.04. The monoisotopic (exact) mass is 502 g/mol. The van der Waals surface area contributed by atoms with Crippen LogP contribution in [-0.4, -0.2) is 85.0 Å². The van der Waals surface area contributed by atoms with Crippen LogP contribution in [0.15, 0.2) is 0 Å². The molecule has 2 N–H and O–H groups in total. The zero-order valence-corrected chi connectivity index (χ0v) is 21.0. The van der Waals surface area contributed by atoms with Gasteiger partial charge in [0, 0.05) is 0 Å². The number of hydrogen-bond acceptors (Lipinski definition) is 10. The summed E-state index contributed by atoms with van der Waals surface area (Å²) in [5.41, 5.74) is 0. The van der Waals surface area contributed by atoms with Gasteiger partial charge in [-0.25, -0.2) is 0 Å². The van der Waals surface area contributed by atoms with Gasteiger partial charge in [-0.2, -0.15) is 16.8 Å². The van der Waals surface area contributed by atoms with Gasteiger partial charge in [0.15, 0.2) is 18.5 Å². The molecule has 0 aliphatic carbocycles. The van der Waals surface area contributed by atoms with Crippen LogP contribution in [0.2, 0.25) is 0 Å². The minimum atomic E-state index is -3.70. The molecule has 4 atom stereocenters. The lowest BCUT2D eigenvalue weighted by Crippen LogP contribution is -2.54. The standard InChI is InChI=1S/C18H34N2O10S2/c1-10(2)13(8-27-31(6,23)24)19-17(21)15-16(30-12(5)29-15)18(22)20-14(11(3)4)9-28-32(7,25)26/h10-16H,8-9H2,1-7H3,(H,19,21)(H,20,22)/t13-,14-,15-,16-/m1/s1. The maximum Gasteiger partial charge on any atom is 0.264 e. The summed E-state index contributed by atoms with van der Waals surface area (Å²) in [4.78, 5) is 25.6. The van der Waals surface area contributed by atoms with Gasteiger partial charge in [0.1, 0.15) is 0 Å². The summed E-state index contributed by atoms with van der Waals surface area (Å²) in [5.74, 6) is -1.69. The average Bonchev–Trinajstić information content (AvgIpc) is 3.01. The summed E-state index contributed by atoms with van der Waals surface area (Å²) in [7, 11) is -7.41. The van der Waals surface area contributed by atoms with Crippen molar-refractivity contribution in [1.29, 1.82) is 0 Å². The fourth-order valence-electron chi connectivity index (χ4n) is 2.71. The molecule has 2 amide bonds. The molecular weight excluding hydrogens is 468 g/mol. The predicted octanol–water partition coefficient (Wildman–Crippen LogP) is -0.650. The predicted molar refractivity (Wildman–Crippen MR) is 114 cm³/mol. The van der Waals surface area contributed by atoms with Crippen molar-refractivity contribution in [3.63, 3.8) is 0 Å². The summed E-state index contributed by atoms with van der Waals surface area (Å²) in [6.07, 6.45) is -1.64. The normalized spacial score (nSPS) is 22.2. The first-order chi connectivity index (χ1) is 14.5. The van der Waals surface area contributed by atoms with E-state index in [1.165, 1.54) is 6.92 Å². The number of nitrogens with one attached hydrogen (secondary N) is 2. The first-order valence-corrected chi connectivity index (χ1v) is 13.7. The maximum atomic E-state index is 12.8. The van der Waals surface area contributed by atoms with Gasteiger partial charge in [0.2, 0.25) is 0 Å². The highest BCUT2D eigenvalue weighted by Crippen LogP contribution is 2.21. The molecule has 1 rings (SSSR count). The van der Waals surface area contributed by atoms with Gasteiger partial charge in [0.25, 0.3) is 32.1 Å². The van der Waals surface area contributed by atoms with Gasteiger partial charge >= 0.3 is 0 Å². The molecule has 0 saturated carbocycles. The van der Waals surface area contributed by atoms with Crippen molar-refractivity contribution in [2.24, 2.45) is 11.8 Å². The lowest BCUT2D eigenvalue weighted by Gasteiger charge is -2.26. The number of ether oxygens (including phenoxy) is 2. The fraction of sp³-hybridized carbons (Fsp3) is 0.889. The summed E-state index contributed by atoms with van der Waals surface area (Å²) in [6, 6.07) is -1.32. The van der Waals surface area contributed by atoms with Crippen LogP contribution in [0.4, 0.5) is 0 Å². The van der Waals surface area contributed by atoms with Crippen LogP contribution < -0.4 is 10.6 Å². The molecule has 14 heteroatoms. The molecule has 1 saturated heterocycles. The number of amides is 2. The molecule has 0 aromatic heterocycles. The molecule has 1 aliphatic heterocycles. The van der Waals surface area contributed by atoms with Crippen molar-refractivity contribution in [2.45, 2.75) is 65.2 Å². The van der Waals surface area contributed by atoms with Gasteiger partial charge in [-0.05, 0) is 18.8 Å². The SMILES string of the molecule is CC1O[C@@H](C(=O)N[C@H](COS(C)(=O)=O)C(C)C)[C@H](C(=O)N[C@H](COS(C)(=O)=O)C(C)C)O1. The second kappa shape index (κ2) is 11.7. The smallest absolute Gasteiger partial charge is 0.264 e. The zero-order chi connectivity index (χ0) is 24.9. The third kappa shape index (κ3) is 10.1. The van der Waals surface area contributed by atoms with Crippen LogP contribution in [0, 0.1) is 11.8 Å². The molecule has 0 radical (unpaired) electrons. The van der Waals surface area contributed by atoms with Crippen LogP contribution in [0.25, 0.3) is 0 Å².